The summed E-state index contributed by atoms with van der Waals surface area (Å²) in [5.74, 6) is 1.57. The summed E-state index contributed by atoms with van der Waals surface area (Å²) in [6.07, 6.45) is 6.38. The Hall–Kier alpha value is -2.42. The van der Waals surface area contributed by atoms with E-state index in [1.165, 1.54) is 41.2 Å². The van der Waals surface area contributed by atoms with Gasteiger partial charge in [0.1, 0.15) is 11.2 Å². The second kappa shape index (κ2) is 7.29. The van der Waals surface area contributed by atoms with E-state index in [0.29, 0.717) is 0 Å². The van der Waals surface area contributed by atoms with Crippen LogP contribution in [0.1, 0.15) is 116 Å². The van der Waals surface area contributed by atoms with Crippen molar-refractivity contribution in [3.63, 3.8) is 0 Å². The molecular weight excluding hydrogens is 402 g/mol. The zero-order valence-corrected chi connectivity index (χ0v) is 22.0. The number of benzene rings is 1. The highest BCUT2D eigenvalue weighted by molar-refractivity contribution is 6.02. The lowest BCUT2D eigenvalue weighted by atomic mass is 9.80. The van der Waals surface area contributed by atoms with E-state index in [4.69, 9.17) is 4.98 Å². The largest absolute Gasteiger partial charge is 0.307 e. The quantitative estimate of drug-likeness (QED) is 0.255. The van der Waals surface area contributed by atoms with Crippen molar-refractivity contribution in [1.29, 1.82) is 0 Å². The first kappa shape index (κ1) is 22.4. The molecule has 1 aliphatic heterocycles. The predicted molar refractivity (Wildman–Crippen MR) is 140 cm³/mol. The summed E-state index contributed by atoms with van der Waals surface area (Å²) >= 11 is 0. The molecule has 174 valence electrons. The molecule has 3 heteroatoms. The Balaban J connectivity index is 0.000000544. The lowest BCUT2D eigenvalue weighted by Gasteiger charge is -2.27. The Kier molecular flexibility index (Phi) is 4.94. The van der Waals surface area contributed by atoms with Crippen molar-refractivity contribution >= 4 is 27.6 Å². The summed E-state index contributed by atoms with van der Waals surface area (Å²) in [6, 6.07) is 9.39. The molecule has 4 aromatic rings. The van der Waals surface area contributed by atoms with Crippen LogP contribution in [0.5, 0.6) is 0 Å². The van der Waals surface area contributed by atoms with E-state index in [2.05, 4.69) is 74.0 Å². The van der Waals surface area contributed by atoms with Crippen LogP contribution in [0.4, 0.5) is 0 Å². The fourth-order valence-electron chi connectivity index (χ4n) is 6.79. The SMILES string of the molecule is CC.CC.CC(C)(C)c1ccc2c(n1)[n+]1ccc3cc4c(c5c3c1n2C5(C)C)C1CCC4C1. The van der Waals surface area contributed by atoms with Crippen LogP contribution in [-0.4, -0.2) is 9.55 Å². The number of imidazole rings is 1. The summed E-state index contributed by atoms with van der Waals surface area (Å²) in [6.45, 7) is 19.6. The van der Waals surface area contributed by atoms with Gasteiger partial charge < -0.3 is 0 Å². The molecule has 7 rings (SSSR count). The standard InChI is InChI=1S/C26H28N3.2C2H6/c1-25(2,3)19-9-8-18-23(27-19)28-11-10-16-13-17-14-6-7-15(12-14)20(17)22-21(16)24(28)29(18)26(22,4)5;2*1-2/h8-11,13-15H,6-7,12H2,1-5H3;2*1-2H3/q+1;;. The topological polar surface area (TPSA) is 21.9 Å². The molecule has 2 atom stereocenters. The van der Waals surface area contributed by atoms with E-state index in [-0.39, 0.29) is 11.0 Å². The van der Waals surface area contributed by atoms with Gasteiger partial charge in [0.15, 0.2) is 5.52 Å². The van der Waals surface area contributed by atoms with Crippen molar-refractivity contribution in [3.8, 4) is 0 Å². The lowest BCUT2D eigenvalue weighted by molar-refractivity contribution is -0.483. The minimum Gasteiger partial charge on any atom is -0.244 e. The molecule has 3 aromatic heterocycles. The third kappa shape index (κ3) is 2.74. The zero-order valence-electron chi connectivity index (χ0n) is 22.0. The van der Waals surface area contributed by atoms with Crippen molar-refractivity contribution in [2.24, 2.45) is 0 Å². The van der Waals surface area contributed by atoms with Crippen LogP contribution in [0.15, 0.2) is 30.5 Å². The molecule has 1 aromatic carbocycles. The second-order valence-corrected chi connectivity index (χ2v) is 11.1. The van der Waals surface area contributed by atoms with Gasteiger partial charge in [-0.25, -0.2) is 4.57 Å². The predicted octanol–water partition coefficient (Wildman–Crippen LogP) is 7.74. The summed E-state index contributed by atoms with van der Waals surface area (Å²) in [5.41, 5.74) is 9.79. The van der Waals surface area contributed by atoms with Crippen LogP contribution in [0.3, 0.4) is 0 Å². The molecule has 33 heavy (non-hydrogen) atoms. The van der Waals surface area contributed by atoms with E-state index in [1.54, 1.807) is 16.7 Å². The number of fused-ring (bicyclic) bond motifs is 9. The molecule has 1 saturated carbocycles. The third-order valence-corrected chi connectivity index (χ3v) is 8.04. The van der Waals surface area contributed by atoms with E-state index in [1.807, 2.05) is 27.7 Å². The zero-order chi connectivity index (χ0) is 23.9. The van der Waals surface area contributed by atoms with Crippen molar-refractivity contribution in [3.05, 3.63) is 52.8 Å². The molecule has 2 bridgehead atoms. The Bertz CT molecular complexity index is 1400. The van der Waals surface area contributed by atoms with Gasteiger partial charge in [-0.15, -0.1) is 4.98 Å². The number of aromatic nitrogens is 3. The van der Waals surface area contributed by atoms with Crippen LogP contribution in [0, 0.1) is 0 Å². The fraction of sp³-hybridized carbons (Fsp3) is 0.533. The Morgan fingerprint density at radius 2 is 1.70 bits per heavy atom. The first-order chi connectivity index (χ1) is 15.8. The average molecular weight is 443 g/mol. The Labute approximate surface area is 198 Å². The number of nitrogens with zero attached hydrogens (tertiary/aromatic N) is 3. The van der Waals surface area contributed by atoms with Gasteiger partial charge in [-0.2, -0.15) is 4.40 Å². The van der Waals surface area contributed by atoms with E-state index in [9.17, 15) is 0 Å². The van der Waals surface area contributed by atoms with Crippen molar-refractivity contribution < 1.29 is 4.40 Å². The summed E-state index contributed by atoms with van der Waals surface area (Å²) in [7, 11) is 0. The van der Waals surface area contributed by atoms with E-state index < -0.39 is 0 Å². The molecule has 0 radical (unpaired) electrons. The van der Waals surface area contributed by atoms with Gasteiger partial charge in [0, 0.05) is 11.0 Å². The molecular formula is C30H40N3+. The second-order valence-electron chi connectivity index (χ2n) is 11.1. The number of hydrogen-bond acceptors (Lipinski definition) is 1. The molecule has 1 fully saturated rings. The van der Waals surface area contributed by atoms with Crippen LogP contribution < -0.4 is 4.40 Å². The number of pyridine rings is 2. The van der Waals surface area contributed by atoms with Gasteiger partial charge >= 0.3 is 5.65 Å². The highest BCUT2D eigenvalue weighted by Gasteiger charge is 2.48. The van der Waals surface area contributed by atoms with Crippen molar-refractivity contribution in [1.82, 2.24) is 9.55 Å². The summed E-state index contributed by atoms with van der Waals surface area (Å²) in [5, 5.41) is 2.89. The van der Waals surface area contributed by atoms with Crippen LogP contribution in [0.25, 0.3) is 27.6 Å². The molecule has 3 nitrogen and oxygen atoms in total. The highest BCUT2D eigenvalue weighted by atomic mass is 15.2. The van der Waals surface area contributed by atoms with Gasteiger partial charge in [0.25, 0.3) is 0 Å². The smallest absolute Gasteiger partial charge is 0.244 e. The van der Waals surface area contributed by atoms with Gasteiger partial charge in [0.05, 0.1) is 11.6 Å². The Morgan fingerprint density at radius 1 is 1.00 bits per heavy atom. The van der Waals surface area contributed by atoms with E-state index >= 15 is 0 Å². The van der Waals surface area contributed by atoms with Gasteiger partial charge in [-0.1, -0.05) is 54.5 Å². The van der Waals surface area contributed by atoms with Gasteiger partial charge in [-0.3, -0.25) is 0 Å². The minimum atomic E-state index is -0.0459. The normalized spacial score (nSPS) is 21.4. The molecule has 4 heterocycles. The molecule has 0 saturated heterocycles. The maximum absolute atomic E-state index is 5.15. The van der Waals surface area contributed by atoms with Gasteiger partial charge in [0.2, 0.25) is 5.65 Å². The van der Waals surface area contributed by atoms with Crippen LogP contribution >= 0.6 is 0 Å². The first-order valence-corrected chi connectivity index (χ1v) is 13.1. The average Bonchev–Trinajstić information content (AvgIpc) is 3.55. The molecule has 2 unspecified atom stereocenters. The number of rotatable bonds is 0. The summed E-state index contributed by atoms with van der Waals surface area (Å²) < 4.78 is 4.93. The molecule has 0 spiro atoms. The summed E-state index contributed by atoms with van der Waals surface area (Å²) in [4.78, 5) is 5.15. The maximum atomic E-state index is 5.15. The first-order valence-electron chi connectivity index (χ1n) is 13.1. The molecule has 0 N–H and O–H groups in total. The van der Waals surface area contributed by atoms with Crippen molar-refractivity contribution in [2.45, 2.75) is 104 Å². The maximum Gasteiger partial charge on any atom is 0.307 e. The van der Waals surface area contributed by atoms with Crippen molar-refractivity contribution in [2.75, 3.05) is 0 Å². The monoisotopic (exact) mass is 442 g/mol. The Morgan fingerprint density at radius 3 is 2.39 bits per heavy atom. The molecule has 2 aliphatic carbocycles. The van der Waals surface area contributed by atoms with E-state index in [0.717, 1.165) is 23.2 Å². The van der Waals surface area contributed by atoms with Crippen LogP contribution in [0.2, 0.25) is 0 Å². The molecule has 0 amide bonds. The molecule has 3 aliphatic rings. The third-order valence-electron chi connectivity index (χ3n) is 8.04. The fourth-order valence-corrected chi connectivity index (χ4v) is 6.79. The number of hydrogen-bond donors (Lipinski definition) is 0. The van der Waals surface area contributed by atoms with Crippen LogP contribution in [-0.2, 0) is 11.0 Å². The highest BCUT2D eigenvalue weighted by Crippen LogP contribution is 2.59. The lowest BCUT2D eigenvalue weighted by Crippen LogP contribution is -2.26. The minimum absolute atomic E-state index is 0.0459. The van der Waals surface area contributed by atoms with Gasteiger partial charge in [-0.05, 0) is 79.7 Å².